The molecule has 1 heterocycles. The quantitative estimate of drug-likeness (QED) is 0.649. The molecule has 116 valence electrons. The number of aromatic nitrogens is 1. The Balaban J connectivity index is 2.06. The van der Waals surface area contributed by atoms with E-state index in [2.05, 4.69) is 26.2 Å². The van der Waals surface area contributed by atoms with Crippen LogP contribution in [0, 0.1) is 5.82 Å². The number of hydrogen-bond donors (Lipinski definition) is 2. The number of benzene rings is 2. The Morgan fingerprint density at radius 1 is 1.04 bits per heavy atom. The number of anilines is 2. The average molecular weight is 372 g/mol. The summed E-state index contributed by atoms with van der Waals surface area (Å²) >= 11 is 3.43. The summed E-state index contributed by atoms with van der Waals surface area (Å²) in [7, 11) is 0. The highest BCUT2D eigenvalue weighted by Crippen LogP contribution is 2.31. The number of nitrogen functional groups attached to an aromatic ring is 1. The summed E-state index contributed by atoms with van der Waals surface area (Å²) in [4.78, 5) is 4.21. The summed E-state index contributed by atoms with van der Waals surface area (Å²) in [6.45, 7) is 0. The lowest BCUT2D eigenvalue weighted by molar-refractivity contribution is 0.592. The molecule has 0 amide bonds. The first-order valence-electron chi connectivity index (χ1n) is 7.12. The van der Waals surface area contributed by atoms with Crippen LogP contribution in [0.3, 0.4) is 0 Å². The first-order chi connectivity index (χ1) is 11.1. The number of rotatable bonds is 4. The number of hydrogen-bond acceptors (Lipinski definition) is 3. The largest absolute Gasteiger partial charge is 0.397 e. The van der Waals surface area contributed by atoms with Crippen molar-refractivity contribution in [1.82, 2.24) is 4.98 Å². The van der Waals surface area contributed by atoms with Crippen molar-refractivity contribution in [1.29, 1.82) is 0 Å². The van der Waals surface area contributed by atoms with E-state index in [9.17, 15) is 4.39 Å². The molecule has 0 saturated carbocycles. The second-order valence-electron chi connectivity index (χ2n) is 5.09. The standard InChI is InChI=1S/C18H15BrFN3/c19-13-8-9-15(21)16(11-13)23-17(12-5-2-1-3-6-12)18-14(20)7-4-10-22-18/h1-11,17,23H,21H2. The molecule has 3 rings (SSSR count). The molecule has 0 bridgehead atoms. The lowest BCUT2D eigenvalue weighted by Crippen LogP contribution is -2.16. The molecule has 3 aromatic rings. The Hall–Kier alpha value is -2.40. The van der Waals surface area contributed by atoms with Crippen molar-refractivity contribution < 1.29 is 4.39 Å². The van der Waals surface area contributed by atoms with Crippen LogP contribution >= 0.6 is 15.9 Å². The predicted molar refractivity (Wildman–Crippen MR) is 94.7 cm³/mol. The topological polar surface area (TPSA) is 50.9 Å². The van der Waals surface area contributed by atoms with E-state index in [1.54, 1.807) is 18.3 Å². The molecule has 2 aromatic carbocycles. The maximum Gasteiger partial charge on any atom is 0.147 e. The third kappa shape index (κ3) is 3.51. The van der Waals surface area contributed by atoms with Gasteiger partial charge in [-0.25, -0.2) is 4.39 Å². The van der Waals surface area contributed by atoms with E-state index in [1.807, 2.05) is 42.5 Å². The van der Waals surface area contributed by atoms with E-state index < -0.39 is 6.04 Å². The molecule has 0 aliphatic heterocycles. The highest BCUT2D eigenvalue weighted by Gasteiger charge is 2.20. The number of halogens is 2. The van der Waals surface area contributed by atoms with Crippen LogP contribution in [0.2, 0.25) is 0 Å². The maximum atomic E-state index is 14.3. The molecule has 0 aliphatic carbocycles. The van der Waals surface area contributed by atoms with Gasteiger partial charge in [0.1, 0.15) is 11.5 Å². The minimum Gasteiger partial charge on any atom is -0.397 e. The Labute approximate surface area is 142 Å². The van der Waals surface area contributed by atoms with Crippen LogP contribution in [0.25, 0.3) is 0 Å². The summed E-state index contributed by atoms with van der Waals surface area (Å²) in [6, 6.07) is 17.7. The van der Waals surface area contributed by atoms with Gasteiger partial charge in [0.2, 0.25) is 0 Å². The van der Waals surface area contributed by atoms with Crippen molar-refractivity contribution in [2.75, 3.05) is 11.1 Å². The Kier molecular flexibility index (Phi) is 4.57. The molecule has 3 nitrogen and oxygen atoms in total. The van der Waals surface area contributed by atoms with Gasteiger partial charge in [-0.2, -0.15) is 0 Å². The zero-order chi connectivity index (χ0) is 16.2. The van der Waals surface area contributed by atoms with E-state index in [0.29, 0.717) is 11.4 Å². The molecule has 3 N–H and O–H groups in total. The molecule has 1 atom stereocenters. The van der Waals surface area contributed by atoms with E-state index in [0.717, 1.165) is 15.7 Å². The molecule has 0 aliphatic rings. The smallest absolute Gasteiger partial charge is 0.147 e. The molecule has 0 fully saturated rings. The van der Waals surface area contributed by atoms with Crippen LogP contribution < -0.4 is 11.1 Å². The van der Waals surface area contributed by atoms with Crippen molar-refractivity contribution in [3.05, 3.63) is 88.4 Å². The van der Waals surface area contributed by atoms with Gasteiger partial charge in [-0.05, 0) is 35.9 Å². The number of nitrogens with two attached hydrogens (primary N) is 1. The van der Waals surface area contributed by atoms with E-state index in [1.165, 1.54) is 6.07 Å². The summed E-state index contributed by atoms with van der Waals surface area (Å²) in [5.74, 6) is -0.359. The zero-order valence-electron chi connectivity index (χ0n) is 12.2. The summed E-state index contributed by atoms with van der Waals surface area (Å²) < 4.78 is 15.2. The maximum absolute atomic E-state index is 14.3. The van der Waals surface area contributed by atoms with Crippen LogP contribution in [0.15, 0.2) is 71.3 Å². The van der Waals surface area contributed by atoms with Crippen molar-refractivity contribution in [2.45, 2.75) is 6.04 Å². The minimum atomic E-state index is -0.436. The van der Waals surface area contributed by atoms with Gasteiger partial charge in [0.15, 0.2) is 0 Å². The zero-order valence-corrected chi connectivity index (χ0v) is 13.8. The van der Waals surface area contributed by atoms with Crippen molar-refractivity contribution in [3.8, 4) is 0 Å². The molecular weight excluding hydrogens is 357 g/mol. The lowest BCUT2D eigenvalue weighted by atomic mass is 10.0. The first-order valence-corrected chi connectivity index (χ1v) is 7.91. The lowest BCUT2D eigenvalue weighted by Gasteiger charge is -2.21. The second-order valence-corrected chi connectivity index (χ2v) is 6.01. The summed E-state index contributed by atoms with van der Waals surface area (Å²) in [5.41, 5.74) is 8.58. The highest BCUT2D eigenvalue weighted by molar-refractivity contribution is 9.10. The molecule has 23 heavy (non-hydrogen) atoms. The predicted octanol–water partition coefficient (Wildman–Crippen LogP) is 4.77. The van der Waals surface area contributed by atoms with Gasteiger partial charge < -0.3 is 11.1 Å². The first kappa shape index (κ1) is 15.5. The van der Waals surface area contributed by atoms with Crippen LogP contribution in [0.1, 0.15) is 17.3 Å². The van der Waals surface area contributed by atoms with Gasteiger partial charge in [-0.3, -0.25) is 4.98 Å². The molecular formula is C18H15BrFN3. The van der Waals surface area contributed by atoms with Crippen LogP contribution in [0.4, 0.5) is 15.8 Å². The van der Waals surface area contributed by atoms with Crippen LogP contribution in [0.5, 0.6) is 0 Å². The molecule has 0 saturated heterocycles. The van der Waals surface area contributed by atoms with Crippen molar-refractivity contribution in [2.24, 2.45) is 0 Å². The third-order valence-electron chi connectivity index (χ3n) is 3.51. The molecule has 0 radical (unpaired) electrons. The van der Waals surface area contributed by atoms with Crippen LogP contribution in [-0.4, -0.2) is 4.98 Å². The van der Waals surface area contributed by atoms with E-state index in [4.69, 9.17) is 5.73 Å². The number of pyridine rings is 1. The van der Waals surface area contributed by atoms with Gasteiger partial charge in [-0.15, -0.1) is 0 Å². The molecule has 1 aromatic heterocycles. The fraction of sp³-hybridized carbons (Fsp3) is 0.0556. The SMILES string of the molecule is Nc1ccc(Br)cc1NC(c1ccccc1)c1ncccc1F. The Bertz CT molecular complexity index is 808. The van der Waals surface area contributed by atoms with Gasteiger partial charge in [0, 0.05) is 10.7 Å². The van der Waals surface area contributed by atoms with Gasteiger partial charge >= 0.3 is 0 Å². The van der Waals surface area contributed by atoms with E-state index in [-0.39, 0.29) is 5.82 Å². The fourth-order valence-corrected chi connectivity index (χ4v) is 2.74. The van der Waals surface area contributed by atoms with Gasteiger partial charge in [-0.1, -0.05) is 46.3 Å². The molecule has 0 spiro atoms. The van der Waals surface area contributed by atoms with Gasteiger partial charge in [0.05, 0.1) is 17.4 Å². The normalized spacial score (nSPS) is 11.9. The Morgan fingerprint density at radius 2 is 1.83 bits per heavy atom. The monoisotopic (exact) mass is 371 g/mol. The number of nitrogens with one attached hydrogen (secondary N) is 1. The molecule has 1 unspecified atom stereocenters. The van der Waals surface area contributed by atoms with Crippen molar-refractivity contribution in [3.63, 3.8) is 0 Å². The number of nitrogens with zero attached hydrogens (tertiary/aromatic N) is 1. The summed E-state index contributed by atoms with van der Waals surface area (Å²) in [5, 5.41) is 3.30. The molecule has 5 heteroatoms. The highest BCUT2D eigenvalue weighted by atomic mass is 79.9. The Morgan fingerprint density at radius 3 is 2.57 bits per heavy atom. The average Bonchev–Trinajstić information content (AvgIpc) is 2.57. The van der Waals surface area contributed by atoms with Gasteiger partial charge in [0.25, 0.3) is 0 Å². The fourth-order valence-electron chi connectivity index (χ4n) is 2.37. The minimum absolute atomic E-state index is 0.332. The van der Waals surface area contributed by atoms with Crippen LogP contribution in [-0.2, 0) is 0 Å². The van der Waals surface area contributed by atoms with E-state index >= 15 is 0 Å². The van der Waals surface area contributed by atoms with Crippen molar-refractivity contribution >= 4 is 27.3 Å². The second kappa shape index (κ2) is 6.79. The summed E-state index contributed by atoms with van der Waals surface area (Å²) in [6.07, 6.45) is 1.58. The third-order valence-corrected chi connectivity index (χ3v) is 4.00.